The summed E-state index contributed by atoms with van der Waals surface area (Å²) in [6.45, 7) is 1.49. The molecule has 0 unspecified atom stereocenters. The molecule has 0 aromatic heterocycles. The van der Waals surface area contributed by atoms with Gasteiger partial charge in [-0.15, -0.1) is 11.6 Å². The summed E-state index contributed by atoms with van der Waals surface area (Å²) in [4.78, 5) is 10.7. The number of carbonyl (C=O) groups excluding carboxylic acids is 1. The normalized spacial score (nSPS) is 10.4. The van der Waals surface area contributed by atoms with Crippen LogP contribution in [0.25, 0.3) is 6.08 Å². The first-order chi connectivity index (χ1) is 6.72. The van der Waals surface area contributed by atoms with Crippen molar-refractivity contribution in [2.75, 3.05) is 11.2 Å². The topological polar surface area (TPSA) is 29.1 Å². The quantitative estimate of drug-likeness (QED) is 0.763. The molecule has 14 heavy (non-hydrogen) atoms. The number of alkyl halides is 1. The van der Waals surface area contributed by atoms with E-state index in [1.165, 1.54) is 6.92 Å². The standard InChI is InChI=1S/C11H12ClNO/c1-9(14)13-11-6-4-10(5-7-11)3-2-8-12/h2-7H,8H2,1H3,(H,13,14). The Morgan fingerprint density at radius 2 is 2.07 bits per heavy atom. The first-order valence-electron chi connectivity index (χ1n) is 4.32. The van der Waals surface area contributed by atoms with Gasteiger partial charge in [-0.1, -0.05) is 24.3 Å². The predicted octanol–water partition coefficient (Wildman–Crippen LogP) is 2.90. The van der Waals surface area contributed by atoms with Gasteiger partial charge >= 0.3 is 0 Å². The van der Waals surface area contributed by atoms with Crippen LogP contribution in [0.15, 0.2) is 30.3 Å². The summed E-state index contributed by atoms with van der Waals surface area (Å²) < 4.78 is 0. The molecule has 0 saturated heterocycles. The number of anilines is 1. The zero-order valence-corrected chi connectivity index (χ0v) is 8.71. The third-order valence-electron chi connectivity index (χ3n) is 1.63. The van der Waals surface area contributed by atoms with Crippen LogP contribution < -0.4 is 5.32 Å². The maximum Gasteiger partial charge on any atom is 0.221 e. The van der Waals surface area contributed by atoms with Gasteiger partial charge in [0.05, 0.1) is 0 Å². The molecule has 0 atom stereocenters. The van der Waals surface area contributed by atoms with E-state index in [9.17, 15) is 4.79 Å². The van der Waals surface area contributed by atoms with E-state index in [-0.39, 0.29) is 5.91 Å². The maximum atomic E-state index is 10.7. The molecule has 0 saturated carbocycles. The Morgan fingerprint density at radius 3 is 2.57 bits per heavy atom. The number of rotatable bonds is 3. The first-order valence-corrected chi connectivity index (χ1v) is 4.86. The highest BCUT2D eigenvalue weighted by Crippen LogP contribution is 2.10. The molecule has 0 spiro atoms. The van der Waals surface area contributed by atoms with E-state index in [2.05, 4.69) is 5.32 Å². The van der Waals surface area contributed by atoms with Gasteiger partial charge in [0, 0.05) is 18.5 Å². The summed E-state index contributed by atoms with van der Waals surface area (Å²) in [5.74, 6) is 0.446. The minimum Gasteiger partial charge on any atom is -0.326 e. The Labute approximate surface area is 88.6 Å². The van der Waals surface area contributed by atoms with Gasteiger partial charge in [-0.25, -0.2) is 0 Å². The fourth-order valence-electron chi connectivity index (χ4n) is 1.06. The molecule has 0 aliphatic carbocycles. The van der Waals surface area contributed by atoms with Crippen molar-refractivity contribution in [1.29, 1.82) is 0 Å². The van der Waals surface area contributed by atoms with E-state index in [1.54, 1.807) is 0 Å². The summed E-state index contributed by atoms with van der Waals surface area (Å²) in [5.41, 5.74) is 1.88. The molecule has 0 heterocycles. The molecule has 0 aliphatic rings. The Hall–Kier alpha value is -1.28. The van der Waals surface area contributed by atoms with Crippen molar-refractivity contribution in [1.82, 2.24) is 0 Å². The molecule has 1 aromatic carbocycles. The summed E-state index contributed by atoms with van der Waals surface area (Å²) in [6.07, 6.45) is 3.81. The smallest absolute Gasteiger partial charge is 0.221 e. The first kappa shape index (κ1) is 10.8. The van der Waals surface area contributed by atoms with E-state index in [0.717, 1.165) is 11.3 Å². The van der Waals surface area contributed by atoms with Crippen LogP contribution in [0.3, 0.4) is 0 Å². The molecule has 0 aliphatic heterocycles. The van der Waals surface area contributed by atoms with Crippen molar-refractivity contribution in [3.05, 3.63) is 35.9 Å². The van der Waals surface area contributed by atoms with Gasteiger partial charge in [-0.3, -0.25) is 4.79 Å². The van der Waals surface area contributed by atoms with Crippen LogP contribution >= 0.6 is 11.6 Å². The highest BCUT2D eigenvalue weighted by Gasteiger charge is 1.93. The van der Waals surface area contributed by atoms with Crippen molar-refractivity contribution in [2.45, 2.75) is 6.92 Å². The van der Waals surface area contributed by atoms with Gasteiger partial charge < -0.3 is 5.32 Å². The average molecular weight is 210 g/mol. The van der Waals surface area contributed by atoms with Crippen LogP contribution in [0.4, 0.5) is 5.69 Å². The minimum absolute atomic E-state index is 0.0611. The molecule has 0 radical (unpaired) electrons. The summed E-state index contributed by atoms with van der Waals surface area (Å²) in [6, 6.07) is 7.56. The monoisotopic (exact) mass is 209 g/mol. The predicted molar refractivity (Wildman–Crippen MR) is 60.5 cm³/mol. The average Bonchev–Trinajstić information content (AvgIpc) is 2.16. The molecule has 2 nitrogen and oxygen atoms in total. The fraction of sp³-hybridized carbons (Fsp3) is 0.182. The molecular formula is C11H12ClNO. The van der Waals surface area contributed by atoms with Gasteiger partial charge in [0.25, 0.3) is 0 Å². The minimum atomic E-state index is -0.0611. The SMILES string of the molecule is CC(=O)Nc1ccc(C=CCCl)cc1. The third-order valence-corrected chi connectivity index (χ3v) is 1.81. The Morgan fingerprint density at radius 1 is 1.43 bits per heavy atom. The van der Waals surface area contributed by atoms with Crippen molar-refractivity contribution < 1.29 is 4.79 Å². The molecule has 74 valence electrons. The fourth-order valence-corrected chi connectivity index (χ4v) is 1.15. The highest BCUT2D eigenvalue weighted by atomic mass is 35.5. The van der Waals surface area contributed by atoms with Crippen molar-refractivity contribution in [2.24, 2.45) is 0 Å². The maximum absolute atomic E-state index is 10.7. The van der Waals surface area contributed by atoms with E-state index < -0.39 is 0 Å². The lowest BCUT2D eigenvalue weighted by atomic mass is 10.2. The van der Waals surface area contributed by atoms with Crippen LogP contribution in [-0.2, 0) is 4.79 Å². The van der Waals surface area contributed by atoms with Crippen LogP contribution in [0.5, 0.6) is 0 Å². The summed E-state index contributed by atoms with van der Waals surface area (Å²) in [5, 5.41) is 2.70. The summed E-state index contributed by atoms with van der Waals surface area (Å²) >= 11 is 5.51. The lowest BCUT2D eigenvalue weighted by Crippen LogP contribution is -2.05. The van der Waals surface area contributed by atoms with Gasteiger partial charge in [-0.05, 0) is 17.7 Å². The molecule has 1 amide bonds. The number of hydrogen-bond acceptors (Lipinski definition) is 1. The Bertz CT molecular complexity index is 330. The zero-order valence-electron chi connectivity index (χ0n) is 7.96. The number of hydrogen-bond donors (Lipinski definition) is 1. The number of amides is 1. The van der Waals surface area contributed by atoms with E-state index in [1.807, 2.05) is 36.4 Å². The summed E-state index contributed by atoms with van der Waals surface area (Å²) in [7, 11) is 0. The lowest BCUT2D eigenvalue weighted by molar-refractivity contribution is -0.114. The molecule has 0 fully saturated rings. The van der Waals surface area contributed by atoms with Crippen molar-refractivity contribution in [3.63, 3.8) is 0 Å². The Kier molecular flexibility index (Phi) is 4.20. The number of carbonyl (C=O) groups is 1. The second-order valence-corrected chi connectivity index (χ2v) is 3.17. The van der Waals surface area contributed by atoms with E-state index >= 15 is 0 Å². The van der Waals surface area contributed by atoms with Gasteiger partial charge in [0.2, 0.25) is 5.91 Å². The number of allylic oxidation sites excluding steroid dienone is 1. The van der Waals surface area contributed by atoms with Gasteiger partial charge in [0.1, 0.15) is 0 Å². The van der Waals surface area contributed by atoms with Crippen LogP contribution in [0.1, 0.15) is 12.5 Å². The number of nitrogens with one attached hydrogen (secondary N) is 1. The molecule has 1 aromatic rings. The Balaban J connectivity index is 2.68. The van der Waals surface area contributed by atoms with Crippen molar-refractivity contribution >= 4 is 29.3 Å². The van der Waals surface area contributed by atoms with Gasteiger partial charge in [0.15, 0.2) is 0 Å². The lowest BCUT2D eigenvalue weighted by Gasteiger charge is -2.01. The molecule has 1 rings (SSSR count). The van der Waals surface area contributed by atoms with Crippen LogP contribution in [0, 0.1) is 0 Å². The molecular weight excluding hydrogens is 198 g/mol. The second-order valence-electron chi connectivity index (χ2n) is 2.86. The molecule has 3 heteroatoms. The van der Waals surface area contributed by atoms with E-state index in [4.69, 9.17) is 11.6 Å². The van der Waals surface area contributed by atoms with Crippen LogP contribution in [0.2, 0.25) is 0 Å². The highest BCUT2D eigenvalue weighted by molar-refractivity contribution is 6.19. The molecule has 1 N–H and O–H groups in total. The van der Waals surface area contributed by atoms with Gasteiger partial charge in [-0.2, -0.15) is 0 Å². The second kappa shape index (κ2) is 5.45. The molecule has 0 bridgehead atoms. The van der Waals surface area contributed by atoms with E-state index in [0.29, 0.717) is 5.88 Å². The largest absolute Gasteiger partial charge is 0.326 e. The van der Waals surface area contributed by atoms with Crippen molar-refractivity contribution in [3.8, 4) is 0 Å². The third kappa shape index (κ3) is 3.62. The van der Waals surface area contributed by atoms with Crippen LogP contribution in [-0.4, -0.2) is 11.8 Å². The zero-order chi connectivity index (χ0) is 10.4. The number of benzene rings is 1. The number of halogens is 1.